The lowest BCUT2D eigenvalue weighted by Gasteiger charge is -2.06. The lowest BCUT2D eigenvalue weighted by molar-refractivity contribution is -0.385. The maximum Gasteiger partial charge on any atom is 0.273 e. The van der Waals surface area contributed by atoms with E-state index < -0.39 is 4.92 Å². The zero-order valence-electron chi connectivity index (χ0n) is 7.98. The van der Waals surface area contributed by atoms with Crippen molar-refractivity contribution in [3.8, 4) is 5.75 Å². The number of rotatable bonds is 5. The van der Waals surface area contributed by atoms with Crippen molar-refractivity contribution in [3.63, 3.8) is 0 Å². The van der Waals surface area contributed by atoms with Gasteiger partial charge < -0.3 is 10.5 Å². The normalized spacial score (nSPS) is 10.0. The summed E-state index contributed by atoms with van der Waals surface area (Å²) in [5.74, 6) is 0.470. The minimum atomic E-state index is -0.456. The molecule has 0 unspecified atom stereocenters. The predicted molar refractivity (Wildman–Crippen MR) is 60.0 cm³/mol. The van der Waals surface area contributed by atoms with Crippen molar-refractivity contribution >= 4 is 21.6 Å². The molecule has 2 N–H and O–H groups in total. The zero-order chi connectivity index (χ0) is 11.3. The topological polar surface area (TPSA) is 78.4 Å². The molecule has 1 aromatic rings. The molecule has 0 aliphatic heterocycles. The molecule has 1 rings (SSSR count). The highest BCUT2D eigenvalue weighted by molar-refractivity contribution is 9.10. The van der Waals surface area contributed by atoms with Crippen LogP contribution in [0.1, 0.15) is 6.42 Å². The standard InChI is InChI=1S/C9H11BrN2O3/c10-8-3-2-7(12(13)14)6-9(8)15-5-1-4-11/h2-3,6H,1,4-5,11H2. The quantitative estimate of drug-likeness (QED) is 0.507. The highest BCUT2D eigenvalue weighted by Gasteiger charge is 2.09. The molecule has 15 heavy (non-hydrogen) atoms. The molecule has 0 aliphatic rings. The van der Waals surface area contributed by atoms with Gasteiger partial charge >= 0.3 is 0 Å². The van der Waals surface area contributed by atoms with Crippen LogP contribution >= 0.6 is 15.9 Å². The van der Waals surface area contributed by atoms with Gasteiger partial charge in [0, 0.05) is 6.07 Å². The number of hydrogen-bond donors (Lipinski definition) is 1. The summed E-state index contributed by atoms with van der Waals surface area (Å²) >= 11 is 3.25. The summed E-state index contributed by atoms with van der Waals surface area (Å²) in [6.07, 6.45) is 0.717. The van der Waals surface area contributed by atoms with Gasteiger partial charge in [-0.15, -0.1) is 0 Å². The van der Waals surface area contributed by atoms with E-state index in [2.05, 4.69) is 15.9 Å². The van der Waals surface area contributed by atoms with Crippen LogP contribution in [0.2, 0.25) is 0 Å². The molecule has 0 spiro atoms. The first kappa shape index (κ1) is 11.9. The third-order valence-electron chi connectivity index (χ3n) is 1.73. The van der Waals surface area contributed by atoms with Crippen molar-refractivity contribution in [1.29, 1.82) is 0 Å². The van der Waals surface area contributed by atoms with Crippen LogP contribution in [0, 0.1) is 10.1 Å². The van der Waals surface area contributed by atoms with Crippen LogP contribution in [0.4, 0.5) is 5.69 Å². The Kier molecular flexibility index (Phi) is 4.51. The Bertz CT molecular complexity index is 357. The van der Waals surface area contributed by atoms with Crippen LogP contribution in [0.25, 0.3) is 0 Å². The summed E-state index contributed by atoms with van der Waals surface area (Å²) in [4.78, 5) is 10.1. The van der Waals surface area contributed by atoms with Gasteiger partial charge in [0.2, 0.25) is 0 Å². The summed E-state index contributed by atoms with van der Waals surface area (Å²) in [6.45, 7) is 0.989. The van der Waals surface area contributed by atoms with Gasteiger partial charge in [0.05, 0.1) is 22.1 Å². The van der Waals surface area contributed by atoms with Crippen LogP contribution in [0.3, 0.4) is 0 Å². The number of benzene rings is 1. The van der Waals surface area contributed by atoms with Gasteiger partial charge in [0.25, 0.3) is 5.69 Å². The third-order valence-corrected chi connectivity index (χ3v) is 2.39. The summed E-state index contributed by atoms with van der Waals surface area (Å²) in [7, 11) is 0. The molecule has 5 nitrogen and oxygen atoms in total. The molecule has 0 aromatic heterocycles. The van der Waals surface area contributed by atoms with Crippen LogP contribution in [0.5, 0.6) is 5.75 Å². The molecule has 0 atom stereocenters. The monoisotopic (exact) mass is 274 g/mol. The lowest BCUT2D eigenvalue weighted by Crippen LogP contribution is -2.06. The predicted octanol–water partition coefficient (Wildman–Crippen LogP) is 2.08. The van der Waals surface area contributed by atoms with Crippen molar-refractivity contribution in [1.82, 2.24) is 0 Å². The molecule has 0 aliphatic carbocycles. The number of nitro benzene ring substituents is 1. The zero-order valence-corrected chi connectivity index (χ0v) is 9.57. The number of non-ortho nitro benzene ring substituents is 1. The molecular weight excluding hydrogens is 264 g/mol. The van der Waals surface area contributed by atoms with E-state index in [9.17, 15) is 10.1 Å². The fourth-order valence-corrected chi connectivity index (χ4v) is 1.34. The van der Waals surface area contributed by atoms with Crippen molar-refractivity contribution in [2.45, 2.75) is 6.42 Å². The number of hydrogen-bond acceptors (Lipinski definition) is 4. The minimum Gasteiger partial charge on any atom is -0.492 e. The first-order valence-electron chi connectivity index (χ1n) is 4.42. The van der Waals surface area contributed by atoms with E-state index in [-0.39, 0.29) is 5.69 Å². The Morgan fingerprint density at radius 2 is 2.27 bits per heavy atom. The molecule has 0 bridgehead atoms. The molecule has 0 saturated carbocycles. The van der Waals surface area contributed by atoms with Gasteiger partial charge in [-0.3, -0.25) is 10.1 Å². The number of halogens is 1. The summed E-state index contributed by atoms with van der Waals surface area (Å²) < 4.78 is 6.04. The lowest BCUT2D eigenvalue weighted by atomic mass is 10.3. The van der Waals surface area contributed by atoms with E-state index in [1.807, 2.05) is 0 Å². The van der Waals surface area contributed by atoms with Crippen LogP contribution in [-0.2, 0) is 0 Å². The Labute approximate surface area is 95.5 Å². The largest absolute Gasteiger partial charge is 0.492 e. The SMILES string of the molecule is NCCCOc1cc([N+](=O)[O-])ccc1Br. The number of nitro groups is 1. The van der Waals surface area contributed by atoms with Gasteiger partial charge in [0.15, 0.2) is 0 Å². The Morgan fingerprint density at radius 1 is 1.53 bits per heavy atom. The van der Waals surface area contributed by atoms with Crippen LogP contribution in [0.15, 0.2) is 22.7 Å². The molecule has 0 amide bonds. The van der Waals surface area contributed by atoms with E-state index in [0.29, 0.717) is 23.4 Å². The summed E-state index contributed by atoms with van der Waals surface area (Å²) in [6, 6.07) is 4.40. The van der Waals surface area contributed by atoms with Gasteiger partial charge in [0.1, 0.15) is 5.75 Å². The maximum atomic E-state index is 10.5. The number of nitrogens with zero attached hydrogens (tertiary/aromatic N) is 1. The smallest absolute Gasteiger partial charge is 0.273 e. The molecule has 0 radical (unpaired) electrons. The van der Waals surface area contributed by atoms with Gasteiger partial charge in [-0.1, -0.05) is 0 Å². The fourth-order valence-electron chi connectivity index (χ4n) is 0.982. The average molecular weight is 275 g/mol. The number of nitrogens with two attached hydrogens (primary N) is 1. The van der Waals surface area contributed by atoms with E-state index in [4.69, 9.17) is 10.5 Å². The molecule has 0 heterocycles. The maximum absolute atomic E-state index is 10.5. The first-order chi connectivity index (χ1) is 7.15. The summed E-state index contributed by atoms with van der Waals surface area (Å²) in [5, 5.41) is 10.5. The molecular formula is C9H11BrN2O3. The summed E-state index contributed by atoms with van der Waals surface area (Å²) in [5.41, 5.74) is 5.32. The minimum absolute atomic E-state index is 0.0148. The molecule has 0 fully saturated rings. The Balaban J connectivity index is 2.76. The highest BCUT2D eigenvalue weighted by atomic mass is 79.9. The van der Waals surface area contributed by atoms with Crippen molar-refractivity contribution in [2.75, 3.05) is 13.2 Å². The highest BCUT2D eigenvalue weighted by Crippen LogP contribution is 2.29. The van der Waals surface area contributed by atoms with Gasteiger partial charge in [-0.25, -0.2) is 0 Å². The average Bonchev–Trinajstić information content (AvgIpc) is 2.20. The molecule has 0 saturated heterocycles. The van der Waals surface area contributed by atoms with Crippen molar-refractivity contribution in [3.05, 3.63) is 32.8 Å². The van der Waals surface area contributed by atoms with E-state index in [1.54, 1.807) is 6.07 Å². The number of ether oxygens (including phenoxy) is 1. The van der Waals surface area contributed by atoms with Crippen molar-refractivity contribution in [2.24, 2.45) is 5.73 Å². The van der Waals surface area contributed by atoms with E-state index in [0.717, 1.165) is 6.42 Å². The van der Waals surface area contributed by atoms with Gasteiger partial charge in [-0.05, 0) is 35.0 Å². The Hall–Kier alpha value is -1.14. The van der Waals surface area contributed by atoms with Crippen LogP contribution < -0.4 is 10.5 Å². The second-order valence-electron chi connectivity index (χ2n) is 2.86. The molecule has 1 aromatic carbocycles. The Morgan fingerprint density at radius 3 is 2.87 bits per heavy atom. The second-order valence-corrected chi connectivity index (χ2v) is 3.72. The second kappa shape index (κ2) is 5.67. The van der Waals surface area contributed by atoms with Crippen molar-refractivity contribution < 1.29 is 9.66 Å². The van der Waals surface area contributed by atoms with Gasteiger partial charge in [-0.2, -0.15) is 0 Å². The fraction of sp³-hybridized carbons (Fsp3) is 0.333. The first-order valence-corrected chi connectivity index (χ1v) is 5.21. The molecule has 6 heteroatoms. The van der Waals surface area contributed by atoms with E-state index in [1.165, 1.54) is 12.1 Å². The van der Waals surface area contributed by atoms with E-state index >= 15 is 0 Å². The molecule has 82 valence electrons. The van der Waals surface area contributed by atoms with Crippen LogP contribution in [-0.4, -0.2) is 18.1 Å². The third kappa shape index (κ3) is 3.49.